The van der Waals surface area contributed by atoms with Crippen LogP contribution in [0, 0.1) is 5.92 Å². The van der Waals surface area contributed by atoms with Gasteiger partial charge in [-0.1, -0.05) is 13.8 Å². The van der Waals surface area contributed by atoms with Gasteiger partial charge in [-0.2, -0.15) is 11.8 Å². The Bertz CT molecular complexity index is 365. The molecule has 1 aliphatic rings. The first-order valence-corrected chi connectivity index (χ1v) is 8.68. The number of hydrogen-bond donors (Lipinski definition) is 1. The Morgan fingerprint density at radius 3 is 3.06 bits per heavy atom. The van der Waals surface area contributed by atoms with Gasteiger partial charge in [-0.05, 0) is 18.5 Å². The normalized spacial score (nSPS) is 20.3. The van der Waals surface area contributed by atoms with Crippen LogP contribution in [0.4, 0.5) is 0 Å². The average Bonchev–Trinajstić information content (AvgIpc) is 2.40. The summed E-state index contributed by atoms with van der Waals surface area (Å²) < 4.78 is 0. The molecule has 1 atom stereocenters. The molecule has 18 heavy (non-hydrogen) atoms. The second-order valence-corrected chi connectivity index (χ2v) is 7.33. The van der Waals surface area contributed by atoms with Crippen LogP contribution in [0.25, 0.3) is 0 Å². The molecule has 1 aliphatic heterocycles. The van der Waals surface area contributed by atoms with Crippen LogP contribution in [-0.2, 0) is 6.54 Å². The third-order valence-electron chi connectivity index (χ3n) is 2.69. The fourth-order valence-corrected chi connectivity index (χ4v) is 4.40. The van der Waals surface area contributed by atoms with Crippen LogP contribution >= 0.6 is 23.5 Å². The lowest BCUT2D eigenvalue weighted by molar-refractivity contribution is 0.547. The predicted molar refractivity (Wildman–Crippen MR) is 81.1 cm³/mol. The van der Waals surface area contributed by atoms with Crippen LogP contribution in [-0.4, -0.2) is 33.8 Å². The molecule has 1 N–H and O–H groups in total. The molecule has 1 unspecified atom stereocenters. The van der Waals surface area contributed by atoms with Crippen molar-refractivity contribution in [3.63, 3.8) is 0 Å². The molecule has 0 amide bonds. The summed E-state index contributed by atoms with van der Waals surface area (Å²) in [5.74, 6) is 5.31. The van der Waals surface area contributed by atoms with Gasteiger partial charge in [0.1, 0.15) is 5.82 Å². The molecule has 5 heteroatoms. The van der Waals surface area contributed by atoms with Crippen molar-refractivity contribution >= 4 is 23.5 Å². The van der Waals surface area contributed by atoms with E-state index in [1.165, 1.54) is 11.5 Å². The summed E-state index contributed by atoms with van der Waals surface area (Å²) in [5.41, 5.74) is 1.11. The minimum atomic E-state index is 0.480. The molecular weight excluding hydrogens is 262 g/mol. The zero-order chi connectivity index (χ0) is 12.8. The summed E-state index contributed by atoms with van der Waals surface area (Å²) in [6, 6.07) is 2.01. The Labute approximate surface area is 118 Å². The summed E-state index contributed by atoms with van der Waals surface area (Å²) >= 11 is 4.00. The summed E-state index contributed by atoms with van der Waals surface area (Å²) in [6.45, 7) is 6.31. The maximum absolute atomic E-state index is 4.69. The molecule has 0 radical (unpaired) electrons. The standard InChI is InChI=1S/C13H21N3S2/c1-10(2)7-14-8-11-3-4-15-13(16-11)12-9-17-5-6-18-12/h3-4,10,12,14H,5-9H2,1-2H3. The zero-order valence-corrected chi connectivity index (χ0v) is 12.7. The van der Waals surface area contributed by atoms with E-state index in [9.17, 15) is 0 Å². The summed E-state index contributed by atoms with van der Waals surface area (Å²) in [6.07, 6.45) is 1.90. The monoisotopic (exact) mass is 283 g/mol. The molecule has 0 aliphatic carbocycles. The second kappa shape index (κ2) is 7.36. The number of nitrogens with zero attached hydrogens (tertiary/aromatic N) is 2. The van der Waals surface area contributed by atoms with E-state index < -0.39 is 0 Å². The van der Waals surface area contributed by atoms with E-state index in [1.54, 1.807) is 0 Å². The number of aromatic nitrogens is 2. The smallest absolute Gasteiger partial charge is 0.142 e. The summed E-state index contributed by atoms with van der Waals surface area (Å²) in [4.78, 5) is 9.12. The summed E-state index contributed by atoms with van der Waals surface area (Å²) in [7, 11) is 0. The van der Waals surface area contributed by atoms with Gasteiger partial charge >= 0.3 is 0 Å². The highest BCUT2D eigenvalue weighted by Crippen LogP contribution is 2.34. The van der Waals surface area contributed by atoms with Crippen molar-refractivity contribution in [2.24, 2.45) is 5.92 Å². The lowest BCUT2D eigenvalue weighted by Crippen LogP contribution is -2.20. The van der Waals surface area contributed by atoms with Crippen LogP contribution in [0.1, 0.15) is 30.6 Å². The van der Waals surface area contributed by atoms with E-state index in [1.807, 2.05) is 35.8 Å². The van der Waals surface area contributed by atoms with Gasteiger partial charge in [0.2, 0.25) is 0 Å². The van der Waals surface area contributed by atoms with Crippen molar-refractivity contribution in [3.8, 4) is 0 Å². The van der Waals surface area contributed by atoms with Crippen molar-refractivity contribution in [2.75, 3.05) is 23.8 Å². The largest absolute Gasteiger partial charge is 0.311 e. The Morgan fingerprint density at radius 1 is 1.44 bits per heavy atom. The molecule has 1 aromatic heterocycles. The molecule has 0 saturated carbocycles. The Balaban J connectivity index is 1.91. The van der Waals surface area contributed by atoms with Gasteiger partial charge in [0.05, 0.1) is 10.9 Å². The van der Waals surface area contributed by atoms with Gasteiger partial charge in [-0.15, -0.1) is 11.8 Å². The predicted octanol–water partition coefficient (Wildman–Crippen LogP) is 2.74. The first-order chi connectivity index (χ1) is 8.75. The third-order valence-corrected chi connectivity index (χ3v) is 5.45. The molecular formula is C13H21N3S2. The van der Waals surface area contributed by atoms with Crippen LogP contribution < -0.4 is 5.32 Å². The van der Waals surface area contributed by atoms with E-state index in [0.717, 1.165) is 30.4 Å². The molecule has 1 aromatic rings. The first kappa shape index (κ1) is 14.2. The van der Waals surface area contributed by atoms with Crippen LogP contribution in [0.15, 0.2) is 12.3 Å². The zero-order valence-electron chi connectivity index (χ0n) is 11.1. The maximum Gasteiger partial charge on any atom is 0.142 e. The van der Waals surface area contributed by atoms with Crippen LogP contribution in [0.2, 0.25) is 0 Å². The molecule has 0 bridgehead atoms. The van der Waals surface area contributed by atoms with Crippen LogP contribution in [0.3, 0.4) is 0 Å². The van der Waals surface area contributed by atoms with Crippen molar-refractivity contribution in [3.05, 3.63) is 23.8 Å². The molecule has 0 aromatic carbocycles. The van der Waals surface area contributed by atoms with Gasteiger partial charge in [0, 0.05) is 30.0 Å². The fraction of sp³-hybridized carbons (Fsp3) is 0.692. The van der Waals surface area contributed by atoms with Gasteiger partial charge in [-0.3, -0.25) is 0 Å². The molecule has 1 saturated heterocycles. The molecule has 2 rings (SSSR count). The fourth-order valence-electron chi connectivity index (χ4n) is 1.79. The van der Waals surface area contributed by atoms with E-state index in [0.29, 0.717) is 11.2 Å². The first-order valence-electron chi connectivity index (χ1n) is 6.47. The minimum absolute atomic E-state index is 0.480. The van der Waals surface area contributed by atoms with E-state index in [4.69, 9.17) is 0 Å². The Hall–Kier alpha value is -0.260. The molecule has 3 nitrogen and oxygen atoms in total. The Kier molecular flexibility index (Phi) is 5.79. The number of thioether (sulfide) groups is 2. The second-order valence-electron chi connectivity index (χ2n) is 4.87. The SMILES string of the molecule is CC(C)CNCc1ccnc(C2CSCCS2)n1. The molecule has 1 fully saturated rings. The third kappa shape index (κ3) is 4.44. The minimum Gasteiger partial charge on any atom is -0.311 e. The number of hydrogen-bond acceptors (Lipinski definition) is 5. The van der Waals surface area contributed by atoms with Crippen molar-refractivity contribution in [1.82, 2.24) is 15.3 Å². The van der Waals surface area contributed by atoms with Gasteiger partial charge in [0.25, 0.3) is 0 Å². The average molecular weight is 283 g/mol. The van der Waals surface area contributed by atoms with Gasteiger partial charge < -0.3 is 5.32 Å². The molecule has 0 spiro atoms. The van der Waals surface area contributed by atoms with E-state index >= 15 is 0 Å². The van der Waals surface area contributed by atoms with Crippen molar-refractivity contribution in [2.45, 2.75) is 25.6 Å². The van der Waals surface area contributed by atoms with E-state index in [2.05, 4.69) is 29.1 Å². The molecule has 2 heterocycles. The topological polar surface area (TPSA) is 37.8 Å². The Morgan fingerprint density at radius 2 is 2.33 bits per heavy atom. The molecule has 100 valence electrons. The summed E-state index contributed by atoms with van der Waals surface area (Å²) in [5, 5.41) is 3.91. The van der Waals surface area contributed by atoms with Crippen molar-refractivity contribution in [1.29, 1.82) is 0 Å². The highest BCUT2D eigenvalue weighted by molar-refractivity contribution is 8.06. The van der Waals surface area contributed by atoms with Gasteiger partial charge in [0.15, 0.2) is 0 Å². The number of nitrogens with one attached hydrogen (secondary N) is 1. The van der Waals surface area contributed by atoms with E-state index in [-0.39, 0.29) is 0 Å². The lowest BCUT2D eigenvalue weighted by Gasteiger charge is -2.19. The van der Waals surface area contributed by atoms with Gasteiger partial charge in [-0.25, -0.2) is 9.97 Å². The van der Waals surface area contributed by atoms with Crippen molar-refractivity contribution < 1.29 is 0 Å². The van der Waals surface area contributed by atoms with Crippen LogP contribution in [0.5, 0.6) is 0 Å². The maximum atomic E-state index is 4.69. The quantitative estimate of drug-likeness (QED) is 0.899. The number of rotatable bonds is 5. The lowest BCUT2D eigenvalue weighted by atomic mass is 10.2. The highest BCUT2D eigenvalue weighted by Gasteiger charge is 2.19. The highest BCUT2D eigenvalue weighted by atomic mass is 32.2.